The molecule has 3 aromatic rings. The largest absolute Gasteiger partial charge is 0.341 e. The highest BCUT2D eigenvalue weighted by atomic mass is 35.5. The predicted octanol–water partition coefficient (Wildman–Crippen LogP) is 4.52. The van der Waals surface area contributed by atoms with Gasteiger partial charge in [-0.1, -0.05) is 12.1 Å². The van der Waals surface area contributed by atoms with Gasteiger partial charge in [-0.2, -0.15) is 20.1 Å². The van der Waals surface area contributed by atoms with Crippen molar-refractivity contribution in [1.29, 1.82) is 0 Å². The molecule has 10 nitrogen and oxygen atoms in total. The van der Waals surface area contributed by atoms with Crippen molar-refractivity contribution < 1.29 is 9.31 Å². The standard InChI is InChI=1S/C21H21FN8O2.ClH/c22-16-8-10-17(11-9-16)24-19-25-20(27-21(26-19)29-12-4-1-5-13-29)28-23-14-15-6-2-3-7-18(15)30(31)32;/h2-3,6-11,14H,1,4-5,12-13H2,(H2,24,25,26,27,28);1H. The Kier molecular flexibility index (Phi) is 8.03. The fourth-order valence-corrected chi connectivity index (χ4v) is 3.29. The van der Waals surface area contributed by atoms with Crippen LogP contribution in [0.1, 0.15) is 24.8 Å². The molecule has 1 aliphatic heterocycles. The fourth-order valence-electron chi connectivity index (χ4n) is 3.29. The number of nitro benzene ring substituents is 1. The number of nitrogens with zero attached hydrogens (tertiary/aromatic N) is 6. The van der Waals surface area contributed by atoms with Crippen LogP contribution in [0.5, 0.6) is 0 Å². The summed E-state index contributed by atoms with van der Waals surface area (Å²) in [6, 6.07) is 12.1. The SMILES string of the molecule is Cl.O=[N+]([O-])c1ccccc1C=NNc1nc(Nc2ccc(F)cc2)nc(N2CCCCC2)n1. The first-order valence-electron chi connectivity index (χ1n) is 10.1. The fraction of sp³-hybridized carbons (Fsp3) is 0.238. The van der Waals surface area contributed by atoms with Crippen molar-refractivity contribution in [3.8, 4) is 0 Å². The summed E-state index contributed by atoms with van der Waals surface area (Å²) in [4.78, 5) is 26.0. The molecule has 172 valence electrons. The highest BCUT2D eigenvalue weighted by Gasteiger charge is 2.17. The highest BCUT2D eigenvalue weighted by Crippen LogP contribution is 2.21. The summed E-state index contributed by atoms with van der Waals surface area (Å²) in [6.45, 7) is 1.66. The maximum absolute atomic E-state index is 13.2. The zero-order valence-corrected chi connectivity index (χ0v) is 18.3. The number of hydrogen-bond donors (Lipinski definition) is 2. The van der Waals surface area contributed by atoms with E-state index in [1.807, 2.05) is 0 Å². The van der Waals surface area contributed by atoms with E-state index in [0.717, 1.165) is 32.4 Å². The Balaban J connectivity index is 0.00000306. The van der Waals surface area contributed by atoms with E-state index in [9.17, 15) is 14.5 Å². The van der Waals surface area contributed by atoms with Gasteiger partial charge in [0.15, 0.2) is 0 Å². The van der Waals surface area contributed by atoms with Gasteiger partial charge in [0.1, 0.15) is 5.82 Å². The zero-order chi connectivity index (χ0) is 22.3. The molecule has 0 atom stereocenters. The summed E-state index contributed by atoms with van der Waals surface area (Å²) in [7, 11) is 0. The predicted molar refractivity (Wildman–Crippen MR) is 127 cm³/mol. The van der Waals surface area contributed by atoms with E-state index in [1.54, 1.807) is 30.3 Å². The Bertz CT molecular complexity index is 1120. The molecule has 1 fully saturated rings. The lowest BCUT2D eigenvalue weighted by atomic mass is 10.1. The van der Waals surface area contributed by atoms with Crippen LogP contribution in [0.4, 0.5) is 33.6 Å². The van der Waals surface area contributed by atoms with Crippen molar-refractivity contribution in [1.82, 2.24) is 15.0 Å². The van der Waals surface area contributed by atoms with Crippen LogP contribution in [-0.4, -0.2) is 39.2 Å². The number of hydrogen-bond acceptors (Lipinski definition) is 9. The van der Waals surface area contributed by atoms with E-state index in [2.05, 4.69) is 35.7 Å². The summed E-state index contributed by atoms with van der Waals surface area (Å²) in [5.41, 5.74) is 3.65. The minimum absolute atomic E-state index is 0. The van der Waals surface area contributed by atoms with Crippen molar-refractivity contribution >= 4 is 47.8 Å². The van der Waals surface area contributed by atoms with Gasteiger partial charge in [0, 0.05) is 24.8 Å². The van der Waals surface area contributed by atoms with E-state index >= 15 is 0 Å². The minimum Gasteiger partial charge on any atom is -0.341 e. The number of rotatable bonds is 7. The Morgan fingerprint density at radius 3 is 2.42 bits per heavy atom. The number of para-hydroxylation sites is 1. The van der Waals surface area contributed by atoms with Crippen molar-refractivity contribution in [2.24, 2.45) is 5.10 Å². The second kappa shape index (κ2) is 11.1. The second-order valence-electron chi connectivity index (χ2n) is 7.15. The molecule has 0 spiro atoms. The zero-order valence-electron chi connectivity index (χ0n) is 17.5. The van der Waals surface area contributed by atoms with Crippen LogP contribution >= 0.6 is 12.4 Å². The first-order chi connectivity index (χ1) is 15.6. The molecule has 2 aromatic carbocycles. The average molecular weight is 473 g/mol. The number of benzene rings is 2. The monoisotopic (exact) mass is 472 g/mol. The van der Waals surface area contributed by atoms with Crippen molar-refractivity contribution in [3.63, 3.8) is 0 Å². The third kappa shape index (κ3) is 6.32. The van der Waals surface area contributed by atoms with Crippen LogP contribution in [0.2, 0.25) is 0 Å². The molecule has 2 heterocycles. The first kappa shape index (κ1) is 23.8. The molecule has 0 radical (unpaired) electrons. The molecular formula is C21H22ClFN8O2. The lowest BCUT2D eigenvalue weighted by molar-refractivity contribution is -0.385. The molecule has 4 rings (SSSR count). The Hall–Kier alpha value is -3.86. The Morgan fingerprint density at radius 1 is 1.00 bits per heavy atom. The van der Waals surface area contributed by atoms with Crippen molar-refractivity contribution in [2.45, 2.75) is 19.3 Å². The lowest BCUT2D eigenvalue weighted by Crippen LogP contribution is -2.31. The molecule has 1 aliphatic rings. The molecule has 0 aliphatic carbocycles. The van der Waals surface area contributed by atoms with E-state index in [1.165, 1.54) is 24.4 Å². The number of piperidine rings is 1. The normalized spacial score (nSPS) is 13.4. The topological polar surface area (TPSA) is 121 Å². The summed E-state index contributed by atoms with van der Waals surface area (Å²) in [5.74, 6) is 0.607. The molecule has 0 saturated carbocycles. The highest BCUT2D eigenvalue weighted by molar-refractivity contribution is 5.85. The summed E-state index contributed by atoms with van der Waals surface area (Å²) >= 11 is 0. The number of halogens is 2. The molecule has 1 aromatic heterocycles. The number of aromatic nitrogens is 3. The van der Waals surface area contributed by atoms with Crippen LogP contribution in [0.25, 0.3) is 0 Å². The van der Waals surface area contributed by atoms with E-state index in [4.69, 9.17) is 0 Å². The minimum atomic E-state index is -0.469. The van der Waals surface area contributed by atoms with Crippen LogP contribution in [-0.2, 0) is 0 Å². The second-order valence-corrected chi connectivity index (χ2v) is 7.15. The number of nitrogens with one attached hydrogen (secondary N) is 2. The molecule has 33 heavy (non-hydrogen) atoms. The van der Waals surface area contributed by atoms with Crippen LogP contribution in [0.3, 0.4) is 0 Å². The molecule has 1 saturated heterocycles. The number of hydrazone groups is 1. The Labute approximate surface area is 195 Å². The molecule has 12 heteroatoms. The van der Waals surface area contributed by atoms with Gasteiger partial charge in [-0.3, -0.25) is 10.1 Å². The van der Waals surface area contributed by atoms with Gasteiger partial charge in [0.05, 0.1) is 16.7 Å². The van der Waals surface area contributed by atoms with Gasteiger partial charge in [0.2, 0.25) is 17.8 Å². The Morgan fingerprint density at radius 2 is 1.70 bits per heavy atom. The van der Waals surface area contributed by atoms with E-state index < -0.39 is 4.92 Å². The van der Waals surface area contributed by atoms with Gasteiger partial charge in [-0.25, -0.2) is 9.82 Å². The van der Waals surface area contributed by atoms with E-state index in [0.29, 0.717) is 17.2 Å². The summed E-state index contributed by atoms with van der Waals surface area (Å²) in [6.07, 6.45) is 4.60. The maximum Gasteiger partial charge on any atom is 0.278 e. The molecule has 2 N–H and O–H groups in total. The lowest BCUT2D eigenvalue weighted by Gasteiger charge is -2.26. The van der Waals surface area contributed by atoms with Crippen LogP contribution < -0.4 is 15.6 Å². The van der Waals surface area contributed by atoms with Crippen molar-refractivity contribution in [3.05, 3.63) is 70.0 Å². The molecular weight excluding hydrogens is 451 g/mol. The average Bonchev–Trinajstić information content (AvgIpc) is 2.81. The van der Waals surface area contributed by atoms with Gasteiger partial charge in [0.25, 0.3) is 5.69 Å². The van der Waals surface area contributed by atoms with Crippen LogP contribution in [0.15, 0.2) is 53.6 Å². The number of anilines is 4. The van der Waals surface area contributed by atoms with Gasteiger partial charge < -0.3 is 10.2 Å². The molecule has 0 bridgehead atoms. The van der Waals surface area contributed by atoms with Crippen LogP contribution in [0, 0.1) is 15.9 Å². The van der Waals surface area contributed by atoms with Crippen molar-refractivity contribution in [2.75, 3.05) is 28.7 Å². The quantitative estimate of drug-likeness (QED) is 0.292. The smallest absolute Gasteiger partial charge is 0.278 e. The third-order valence-electron chi connectivity index (χ3n) is 4.86. The van der Waals surface area contributed by atoms with Gasteiger partial charge >= 0.3 is 0 Å². The summed E-state index contributed by atoms with van der Waals surface area (Å²) in [5, 5.41) is 18.3. The first-order valence-corrected chi connectivity index (χ1v) is 10.1. The maximum atomic E-state index is 13.2. The number of nitro groups is 1. The molecule has 0 unspecified atom stereocenters. The van der Waals surface area contributed by atoms with Gasteiger partial charge in [-0.15, -0.1) is 12.4 Å². The summed E-state index contributed by atoms with van der Waals surface area (Å²) < 4.78 is 13.2. The molecule has 0 amide bonds. The van der Waals surface area contributed by atoms with E-state index in [-0.39, 0.29) is 35.8 Å². The third-order valence-corrected chi connectivity index (χ3v) is 4.86. The van der Waals surface area contributed by atoms with Gasteiger partial charge in [-0.05, 0) is 49.6 Å².